The molecule has 1 amide bonds. The van der Waals surface area contributed by atoms with E-state index in [0.717, 1.165) is 42.1 Å². The molecule has 0 bridgehead atoms. The smallest absolute Gasteiger partial charge is 0.268 e. The van der Waals surface area contributed by atoms with E-state index in [2.05, 4.69) is 5.32 Å². The van der Waals surface area contributed by atoms with Gasteiger partial charge in [-0.05, 0) is 55.5 Å². The summed E-state index contributed by atoms with van der Waals surface area (Å²) < 4.78 is 1.98. The van der Waals surface area contributed by atoms with E-state index in [1.165, 1.54) is 0 Å². The zero-order valence-corrected chi connectivity index (χ0v) is 16.9. The molecule has 8 N–H and O–H groups in total. The summed E-state index contributed by atoms with van der Waals surface area (Å²) in [5.41, 5.74) is 21.3. The zero-order chi connectivity index (χ0) is 21.3. The molecule has 3 aromatic rings. The number of fused-ring (bicyclic) bond motifs is 1. The van der Waals surface area contributed by atoms with Gasteiger partial charge in [-0.1, -0.05) is 24.3 Å². The molecule has 1 saturated carbocycles. The number of amides is 1. The van der Waals surface area contributed by atoms with Crippen molar-refractivity contribution in [3.05, 3.63) is 65.4 Å². The number of nitrogens with zero attached hydrogens (tertiary/aromatic N) is 1. The highest BCUT2D eigenvalue weighted by molar-refractivity contribution is 6.02. The normalized spacial score (nSPS) is 19.0. The van der Waals surface area contributed by atoms with Crippen LogP contribution in [0.15, 0.2) is 48.5 Å². The lowest BCUT2D eigenvalue weighted by atomic mass is 9.92. The van der Waals surface area contributed by atoms with Gasteiger partial charge in [0.05, 0.1) is 0 Å². The fourth-order valence-electron chi connectivity index (χ4n) is 4.11. The Morgan fingerprint density at radius 1 is 1.07 bits per heavy atom. The van der Waals surface area contributed by atoms with E-state index in [1.807, 2.05) is 53.1 Å². The van der Waals surface area contributed by atoms with Crippen molar-refractivity contribution in [2.24, 2.45) is 11.5 Å². The molecule has 0 unspecified atom stereocenters. The molecule has 1 heterocycles. The predicted molar refractivity (Wildman–Crippen MR) is 121 cm³/mol. The van der Waals surface area contributed by atoms with Gasteiger partial charge in [-0.2, -0.15) is 0 Å². The van der Waals surface area contributed by atoms with Gasteiger partial charge < -0.3 is 27.1 Å². The first-order valence-electron chi connectivity index (χ1n) is 10.3. The minimum absolute atomic E-state index is 0.00156. The number of benzene rings is 2. The molecule has 156 valence electrons. The van der Waals surface area contributed by atoms with Crippen LogP contribution >= 0.6 is 0 Å². The molecule has 7 nitrogen and oxygen atoms in total. The lowest BCUT2D eigenvalue weighted by molar-refractivity contribution is 0.0917. The summed E-state index contributed by atoms with van der Waals surface area (Å²) in [5, 5.41) is 11.9. The molecule has 0 saturated heterocycles. The molecule has 30 heavy (non-hydrogen) atoms. The van der Waals surface area contributed by atoms with Crippen molar-refractivity contribution in [3.8, 4) is 0 Å². The third-order valence-electron chi connectivity index (χ3n) is 5.88. The average Bonchev–Trinajstić information content (AvgIpc) is 3.09. The van der Waals surface area contributed by atoms with Crippen molar-refractivity contribution in [3.63, 3.8) is 0 Å². The SMILES string of the molecule is N=C(N)c1ccc2cc(C(=O)NC3CCC(N)CC3)n(Cc3ccc(N)cc3)c2c1. The van der Waals surface area contributed by atoms with E-state index in [9.17, 15) is 4.79 Å². The van der Waals surface area contributed by atoms with Crippen LogP contribution in [0.25, 0.3) is 10.9 Å². The van der Waals surface area contributed by atoms with Crippen LogP contribution < -0.4 is 22.5 Å². The Hall–Kier alpha value is -3.32. The molecule has 1 aromatic heterocycles. The maximum atomic E-state index is 13.2. The molecule has 2 aromatic carbocycles. The van der Waals surface area contributed by atoms with E-state index >= 15 is 0 Å². The number of amidine groups is 1. The van der Waals surface area contributed by atoms with E-state index in [4.69, 9.17) is 22.6 Å². The Balaban J connectivity index is 1.70. The molecule has 0 aliphatic heterocycles. The molecule has 1 fully saturated rings. The molecule has 4 rings (SSSR count). The number of carbonyl (C=O) groups excluding carboxylic acids is 1. The van der Waals surface area contributed by atoms with E-state index in [1.54, 1.807) is 0 Å². The highest BCUT2D eigenvalue weighted by Crippen LogP contribution is 2.24. The maximum Gasteiger partial charge on any atom is 0.268 e. The molecular formula is C23H28N6O. The first-order valence-corrected chi connectivity index (χ1v) is 10.3. The Labute approximate surface area is 175 Å². The van der Waals surface area contributed by atoms with Crippen LogP contribution in [0.4, 0.5) is 5.69 Å². The largest absolute Gasteiger partial charge is 0.399 e. The van der Waals surface area contributed by atoms with Gasteiger partial charge in [0.2, 0.25) is 0 Å². The lowest BCUT2D eigenvalue weighted by Crippen LogP contribution is -2.41. The molecule has 7 heteroatoms. The molecule has 1 aliphatic carbocycles. The van der Waals surface area contributed by atoms with Crippen LogP contribution in [0.5, 0.6) is 0 Å². The number of nitrogen functional groups attached to an aromatic ring is 2. The summed E-state index contributed by atoms with van der Waals surface area (Å²) in [6.07, 6.45) is 3.67. The number of aromatic nitrogens is 1. The van der Waals surface area contributed by atoms with Crippen LogP contribution in [0.1, 0.15) is 47.3 Å². The van der Waals surface area contributed by atoms with Gasteiger partial charge in [-0.3, -0.25) is 10.2 Å². The Morgan fingerprint density at radius 3 is 2.43 bits per heavy atom. The second-order valence-electron chi connectivity index (χ2n) is 8.13. The predicted octanol–water partition coefficient (Wildman–Crippen LogP) is 2.56. The van der Waals surface area contributed by atoms with Crippen LogP contribution in [0, 0.1) is 5.41 Å². The Kier molecular flexibility index (Phi) is 5.46. The number of carbonyl (C=O) groups is 1. The number of rotatable bonds is 5. The van der Waals surface area contributed by atoms with E-state index in [0.29, 0.717) is 23.5 Å². The van der Waals surface area contributed by atoms with Crippen molar-refractivity contribution < 1.29 is 4.79 Å². The van der Waals surface area contributed by atoms with Gasteiger partial charge in [-0.15, -0.1) is 0 Å². The Bertz CT molecular complexity index is 1080. The third-order valence-corrected chi connectivity index (χ3v) is 5.88. The van der Waals surface area contributed by atoms with Gasteiger partial charge >= 0.3 is 0 Å². The van der Waals surface area contributed by atoms with Crippen LogP contribution in [0.2, 0.25) is 0 Å². The summed E-state index contributed by atoms with van der Waals surface area (Å²) in [6.45, 7) is 0.517. The summed E-state index contributed by atoms with van der Waals surface area (Å²) >= 11 is 0. The van der Waals surface area contributed by atoms with Gasteiger partial charge in [0, 0.05) is 40.8 Å². The Morgan fingerprint density at radius 2 is 1.77 bits per heavy atom. The number of anilines is 1. The van der Waals surface area contributed by atoms with E-state index < -0.39 is 0 Å². The van der Waals surface area contributed by atoms with Gasteiger partial charge in [-0.25, -0.2) is 0 Å². The van der Waals surface area contributed by atoms with Crippen LogP contribution in [-0.4, -0.2) is 28.4 Å². The standard InChI is InChI=1S/C23H28N6O/c24-17-5-1-14(2-6-17)13-29-20-12-16(22(26)27)4-3-15(20)11-21(29)23(30)28-19-9-7-18(25)8-10-19/h1-6,11-12,18-19H,7-10,13,24-25H2,(H3,26,27)(H,28,30). The molecular weight excluding hydrogens is 376 g/mol. The van der Waals surface area contributed by atoms with Gasteiger partial charge in [0.25, 0.3) is 5.91 Å². The van der Waals surface area contributed by atoms with E-state index in [-0.39, 0.29) is 23.8 Å². The van der Waals surface area contributed by atoms with Crippen molar-refractivity contribution in [1.29, 1.82) is 5.41 Å². The monoisotopic (exact) mass is 404 g/mol. The topological polar surface area (TPSA) is 136 Å². The second-order valence-corrected chi connectivity index (χ2v) is 8.13. The summed E-state index contributed by atoms with van der Waals surface area (Å²) in [5.74, 6) is -0.0897. The molecule has 1 aliphatic rings. The lowest BCUT2D eigenvalue weighted by Gasteiger charge is -2.27. The van der Waals surface area contributed by atoms with Crippen molar-refractivity contribution >= 4 is 28.3 Å². The first-order chi connectivity index (χ1) is 14.4. The highest BCUT2D eigenvalue weighted by atomic mass is 16.2. The highest BCUT2D eigenvalue weighted by Gasteiger charge is 2.23. The van der Waals surface area contributed by atoms with Crippen LogP contribution in [0.3, 0.4) is 0 Å². The average molecular weight is 405 g/mol. The number of nitrogens with two attached hydrogens (primary N) is 3. The number of nitrogens with one attached hydrogen (secondary N) is 2. The van der Waals surface area contributed by atoms with Gasteiger partial charge in [0.1, 0.15) is 11.5 Å². The second kappa shape index (κ2) is 8.20. The fraction of sp³-hybridized carbons (Fsp3) is 0.304. The minimum Gasteiger partial charge on any atom is -0.399 e. The zero-order valence-electron chi connectivity index (χ0n) is 16.9. The fourth-order valence-corrected chi connectivity index (χ4v) is 4.11. The quantitative estimate of drug-likeness (QED) is 0.254. The summed E-state index contributed by atoms with van der Waals surface area (Å²) in [7, 11) is 0. The van der Waals surface area contributed by atoms with Crippen molar-refractivity contribution in [1.82, 2.24) is 9.88 Å². The molecule has 0 spiro atoms. The summed E-state index contributed by atoms with van der Waals surface area (Å²) in [4.78, 5) is 13.2. The number of hydrogen-bond acceptors (Lipinski definition) is 4. The van der Waals surface area contributed by atoms with Gasteiger partial charge in [0.15, 0.2) is 0 Å². The maximum absolute atomic E-state index is 13.2. The molecule has 0 radical (unpaired) electrons. The first kappa shape index (κ1) is 20.0. The third kappa shape index (κ3) is 4.16. The number of hydrogen-bond donors (Lipinski definition) is 5. The minimum atomic E-state index is -0.0912. The van der Waals surface area contributed by atoms with Crippen molar-refractivity contribution in [2.45, 2.75) is 44.3 Å². The molecule has 0 atom stereocenters. The van der Waals surface area contributed by atoms with Crippen LogP contribution in [-0.2, 0) is 6.54 Å². The summed E-state index contributed by atoms with van der Waals surface area (Å²) in [6, 6.07) is 15.5. The van der Waals surface area contributed by atoms with Crippen molar-refractivity contribution in [2.75, 3.05) is 5.73 Å².